The summed E-state index contributed by atoms with van der Waals surface area (Å²) in [4.78, 5) is 27.2. The molecule has 2 fully saturated rings. The summed E-state index contributed by atoms with van der Waals surface area (Å²) in [6.07, 6.45) is 4.43. The molecule has 2 aromatic heterocycles. The van der Waals surface area contributed by atoms with E-state index in [0.29, 0.717) is 24.1 Å². The van der Waals surface area contributed by atoms with Crippen molar-refractivity contribution < 1.29 is 18.7 Å². The Morgan fingerprint density at radius 2 is 1.98 bits per heavy atom. The van der Waals surface area contributed by atoms with Crippen LogP contribution in [0.4, 0.5) is 10.2 Å². The molecular weight excluding hydrogens is 792 g/mol. The molecule has 1 unspecified atom stereocenters. The molecule has 1 spiro atoms. The van der Waals surface area contributed by atoms with E-state index in [9.17, 15) is 9.18 Å². The number of nitrogens with zero attached hydrogens (tertiary/aromatic N) is 7. The average molecular weight is 832 g/mol. The first-order chi connectivity index (χ1) is 21.5. The van der Waals surface area contributed by atoms with E-state index in [0.717, 1.165) is 92.9 Å². The number of aldehydes is 1. The molecule has 1 aromatic carbocycles. The number of anilines is 1. The van der Waals surface area contributed by atoms with Crippen LogP contribution in [0.1, 0.15) is 68.1 Å². The van der Waals surface area contributed by atoms with Gasteiger partial charge in [0.25, 0.3) is 5.88 Å². The van der Waals surface area contributed by atoms with Gasteiger partial charge in [-0.2, -0.15) is 4.98 Å². The van der Waals surface area contributed by atoms with Crippen molar-refractivity contribution in [1.29, 1.82) is 0 Å². The van der Waals surface area contributed by atoms with Crippen LogP contribution in [0.2, 0.25) is 5.28 Å². The van der Waals surface area contributed by atoms with Crippen LogP contribution >= 0.6 is 11.6 Å². The van der Waals surface area contributed by atoms with Crippen molar-refractivity contribution in [3.63, 3.8) is 0 Å². The second kappa shape index (κ2) is 14.5. The summed E-state index contributed by atoms with van der Waals surface area (Å²) in [6.45, 7) is 13.4. The van der Waals surface area contributed by atoms with Gasteiger partial charge in [0.15, 0.2) is 6.29 Å². The summed E-state index contributed by atoms with van der Waals surface area (Å²) in [6, 6.07) is 6.40. The van der Waals surface area contributed by atoms with Crippen molar-refractivity contribution in [3.05, 3.63) is 58.4 Å². The van der Waals surface area contributed by atoms with Crippen LogP contribution in [-0.4, -0.2) is 111 Å². The van der Waals surface area contributed by atoms with Gasteiger partial charge in [-0.3, -0.25) is 4.79 Å². The molecular formula is C32H40ClFN7O3Pb. The third kappa shape index (κ3) is 7.74. The largest absolute Gasteiger partial charge is 0.304 e. The van der Waals surface area contributed by atoms with Crippen LogP contribution in [0.15, 0.2) is 30.5 Å². The van der Waals surface area contributed by atoms with Crippen molar-refractivity contribution >= 4 is 49.5 Å². The molecule has 3 aliphatic rings. The summed E-state index contributed by atoms with van der Waals surface area (Å²) in [7, 11) is 2.13. The fourth-order valence-corrected chi connectivity index (χ4v) is 7.20. The first-order valence-electron chi connectivity index (χ1n) is 15.3. The summed E-state index contributed by atoms with van der Waals surface area (Å²) in [5.41, 5.74) is 2.60. The maximum Gasteiger partial charge on any atom is 0.00354 e. The van der Waals surface area contributed by atoms with E-state index in [2.05, 4.69) is 64.7 Å². The molecule has 3 radical (unpaired) electrons. The van der Waals surface area contributed by atoms with Gasteiger partial charge in [-0.15, -0.1) is 10.2 Å². The Kier molecular flexibility index (Phi) is 10.9. The molecule has 0 bridgehead atoms. The number of hydrogen-bond acceptors (Lipinski definition) is 10. The number of hydrogen-bond donors (Lipinski definition) is 0. The minimum absolute atomic E-state index is 0.00156. The van der Waals surface area contributed by atoms with E-state index in [4.69, 9.17) is 21.1 Å². The molecule has 13 heteroatoms. The van der Waals surface area contributed by atoms with Crippen LogP contribution < -0.4 is 14.4 Å². The first-order valence-corrected chi connectivity index (χ1v) is 18.5. The third-order valence-electron chi connectivity index (χ3n) is 8.92. The minimum Gasteiger partial charge on any atom is -0.304 e. The van der Waals surface area contributed by atoms with E-state index in [1.54, 1.807) is 0 Å². The fraction of sp³-hybridized carbons (Fsp3) is 0.531. The zero-order valence-corrected chi connectivity index (χ0v) is 31.1. The quantitative estimate of drug-likeness (QED) is 0.214. The Morgan fingerprint density at radius 3 is 2.62 bits per heavy atom. The predicted octanol–water partition coefficient (Wildman–Crippen LogP) is 5.10. The van der Waals surface area contributed by atoms with E-state index in [1.807, 2.05) is 17.2 Å². The maximum atomic E-state index is 13.5. The second-order valence-corrected chi connectivity index (χ2v) is 14.1. The predicted molar refractivity (Wildman–Crippen MR) is 172 cm³/mol. The van der Waals surface area contributed by atoms with E-state index >= 15 is 0 Å². The Hall–Kier alpha value is -2.49. The summed E-state index contributed by atoms with van der Waals surface area (Å²) in [5.74, 6) is 1.58. The Bertz CT molecular complexity index is 1500. The molecule has 45 heavy (non-hydrogen) atoms. The molecule has 6 rings (SSSR count). The molecule has 4 heterocycles. The number of halogens is 2. The molecule has 1 atom stereocenters. The van der Waals surface area contributed by atoms with Gasteiger partial charge in [0.05, 0.1) is 5.56 Å². The van der Waals surface area contributed by atoms with Gasteiger partial charge in [0.2, 0.25) is 5.28 Å². The van der Waals surface area contributed by atoms with Crippen molar-refractivity contribution in [2.75, 3.05) is 42.2 Å². The number of aromatic nitrogens is 4. The van der Waals surface area contributed by atoms with Gasteiger partial charge >= 0.3 is 148 Å². The van der Waals surface area contributed by atoms with Gasteiger partial charge in [0.1, 0.15) is 11.6 Å². The van der Waals surface area contributed by atoms with Crippen LogP contribution in [-0.2, 0) is 6.54 Å². The zero-order chi connectivity index (χ0) is 32.3. The van der Waals surface area contributed by atoms with Gasteiger partial charge in [-0.1, -0.05) is 6.92 Å². The van der Waals surface area contributed by atoms with Crippen LogP contribution in [0.5, 0.6) is 17.4 Å². The normalized spacial score (nSPS) is 19.0. The van der Waals surface area contributed by atoms with Gasteiger partial charge in [-0.25, -0.2) is 4.39 Å². The number of ether oxygens (including phenoxy) is 2. The standard InChI is InChI=1S/C26H25ClFN6O3.C6H15N.Pb/c1-15-10-33(2)11-19-21(5-6-29-22(15)19)36-18-8-26(9-18)13-34(14-26)23-24(31-32-25(27)30-23)37-20-4-3-17(28)7-16(20)12-35;1-5-7(4)6(2)3;/h3-7,12,15,18H,2,8-11,13-14H2,1H3;6H,5H2,1-4H3;. The van der Waals surface area contributed by atoms with Crippen molar-refractivity contribution in [2.45, 2.75) is 65.1 Å². The topological polar surface area (TPSA) is 96.8 Å². The number of rotatable bonds is 9. The smallest absolute Gasteiger partial charge is 0.00354 e. The van der Waals surface area contributed by atoms with E-state index in [-0.39, 0.29) is 34.0 Å². The molecule has 1 saturated heterocycles. The van der Waals surface area contributed by atoms with Crippen molar-refractivity contribution in [1.82, 2.24) is 30.0 Å². The third-order valence-corrected chi connectivity index (χ3v) is 10.8. The molecule has 239 valence electrons. The van der Waals surface area contributed by atoms with Crippen LogP contribution in [0, 0.1) is 11.2 Å². The number of pyridine rings is 1. The average Bonchev–Trinajstić information content (AvgIpc) is 2.99. The number of carbonyl (C=O) groups is 1. The minimum atomic E-state index is -0.530. The van der Waals surface area contributed by atoms with Gasteiger partial charge in [0, 0.05) is 6.04 Å². The molecule has 10 nitrogen and oxygen atoms in total. The summed E-state index contributed by atoms with van der Waals surface area (Å²) in [5, 5.41) is 7.84. The van der Waals surface area contributed by atoms with Gasteiger partial charge < -0.3 is 9.64 Å². The Balaban J connectivity index is 0.000000515. The first kappa shape index (κ1) is 33.9. The summed E-state index contributed by atoms with van der Waals surface area (Å²) < 4.78 is 27.0. The van der Waals surface area contributed by atoms with E-state index < -0.39 is 5.82 Å². The molecule has 1 saturated carbocycles. The van der Waals surface area contributed by atoms with Gasteiger partial charge in [-0.05, 0) is 57.2 Å². The molecule has 2 aliphatic heterocycles. The maximum absolute atomic E-state index is 13.5. The fourth-order valence-electron chi connectivity index (χ4n) is 6.14. The summed E-state index contributed by atoms with van der Waals surface area (Å²) >= 11 is 7.20. The number of carbonyl (C=O) groups excluding carboxylic acids is 1. The zero-order valence-electron chi connectivity index (χ0n) is 26.5. The van der Waals surface area contributed by atoms with Crippen LogP contribution in [0.25, 0.3) is 0 Å². The molecule has 1 aliphatic carbocycles. The Morgan fingerprint density at radius 1 is 1.22 bits per heavy atom. The number of benzene rings is 1. The SMILES string of the molecule is CC1CN([CH2][Pb])Cc2c(OC3CC4(C3)CN(c3nc(Cl)nnc3Oc3ccc(F)cc3C=O)C4)ccnc21.CCN(C)C(C)C. The van der Waals surface area contributed by atoms with Crippen molar-refractivity contribution in [2.24, 2.45) is 5.41 Å². The molecule has 0 amide bonds. The van der Waals surface area contributed by atoms with Crippen LogP contribution in [0.3, 0.4) is 0 Å². The van der Waals surface area contributed by atoms with Crippen molar-refractivity contribution in [3.8, 4) is 17.4 Å². The number of fused-ring (bicyclic) bond motifs is 1. The monoisotopic (exact) mass is 832 g/mol. The molecule has 3 aromatic rings. The van der Waals surface area contributed by atoms with E-state index in [1.165, 1.54) is 17.7 Å². The molecule has 0 N–H and O–H groups in total. The Labute approximate surface area is 285 Å². The second-order valence-electron chi connectivity index (χ2n) is 12.5.